The molecule has 0 radical (unpaired) electrons. The zero-order valence-electron chi connectivity index (χ0n) is 12.7. The Kier molecular flexibility index (Phi) is 6.05. The van der Waals surface area contributed by atoms with Gasteiger partial charge in [0.25, 0.3) is 0 Å². The molecule has 2 heteroatoms. The van der Waals surface area contributed by atoms with Crippen molar-refractivity contribution in [3.8, 4) is 6.07 Å². The van der Waals surface area contributed by atoms with Gasteiger partial charge in [0.05, 0.1) is 6.07 Å². The molecule has 2 nitrogen and oxygen atoms in total. The Bertz CT molecular complexity index is 427. The smallest absolute Gasteiger partial charge is 0.110 e. The minimum Gasteiger partial charge on any atom is -0.286 e. The topological polar surface area (TPSA) is 27.0 Å². The Labute approximate surface area is 118 Å². The molecule has 104 valence electrons. The molecule has 0 amide bonds. The fraction of sp³-hybridized carbons (Fsp3) is 0.588. The van der Waals surface area contributed by atoms with E-state index < -0.39 is 5.54 Å². The van der Waals surface area contributed by atoms with Crippen LogP contribution in [0.5, 0.6) is 0 Å². The van der Waals surface area contributed by atoms with Crippen LogP contribution in [-0.2, 0) is 6.42 Å². The first-order valence-corrected chi connectivity index (χ1v) is 7.28. The summed E-state index contributed by atoms with van der Waals surface area (Å²) in [5.74, 6) is 0. The van der Waals surface area contributed by atoms with Gasteiger partial charge in [-0.05, 0) is 50.9 Å². The molecule has 0 aliphatic carbocycles. The third kappa shape index (κ3) is 4.08. The third-order valence-corrected chi connectivity index (χ3v) is 3.72. The molecule has 1 aromatic rings. The van der Waals surface area contributed by atoms with E-state index in [0.717, 1.165) is 32.4 Å². The summed E-state index contributed by atoms with van der Waals surface area (Å²) in [7, 11) is 0. The van der Waals surface area contributed by atoms with Gasteiger partial charge >= 0.3 is 0 Å². The quantitative estimate of drug-likeness (QED) is 0.740. The van der Waals surface area contributed by atoms with Crippen molar-refractivity contribution in [2.45, 2.75) is 52.5 Å². The van der Waals surface area contributed by atoms with Crippen LogP contribution in [0.25, 0.3) is 0 Å². The van der Waals surface area contributed by atoms with Crippen LogP contribution in [0.3, 0.4) is 0 Å². The number of hydrogen-bond acceptors (Lipinski definition) is 2. The Morgan fingerprint density at radius 3 is 2.21 bits per heavy atom. The number of nitrogens with zero attached hydrogens (tertiary/aromatic N) is 2. The van der Waals surface area contributed by atoms with Crippen LogP contribution in [-0.4, -0.2) is 23.5 Å². The van der Waals surface area contributed by atoms with E-state index in [1.807, 2.05) is 0 Å². The third-order valence-electron chi connectivity index (χ3n) is 3.72. The number of rotatable bonds is 7. The zero-order chi connectivity index (χ0) is 14.3. The van der Waals surface area contributed by atoms with Gasteiger partial charge in [0, 0.05) is 6.42 Å². The van der Waals surface area contributed by atoms with Crippen LogP contribution in [0, 0.1) is 18.3 Å². The van der Waals surface area contributed by atoms with E-state index in [1.54, 1.807) is 0 Å². The molecule has 19 heavy (non-hydrogen) atoms. The lowest BCUT2D eigenvalue weighted by Crippen LogP contribution is -2.47. The summed E-state index contributed by atoms with van der Waals surface area (Å²) < 4.78 is 0. The largest absolute Gasteiger partial charge is 0.286 e. The molecule has 0 aliphatic rings. The molecule has 1 aromatic carbocycles. The summed E-state index contributed by atoms with van der Waals surface area (Å²) >= 11 is 0. The van der Waals surface area contributed by atoms with Crippen LogP contribution in [0.1, 0.15) is 44.7 Å². The summed E-state index contributed by atoms with van der Waals surface area (Å²) in [5.41, 5.74) is 2.15. The van der Waals surface area contributed by atoms with Gasteiger partial charge in [0.15, 0.2) is 0 Å². The highest BCUT2D eigenvalue weighted by Gasteiger charge is 2.31. The molecule has 0 saturated heterocycles. The van der Waals surface area contributed by atoms with Crippen molar-refractivity contribution in [3.05, 3.63) is 35.4 Å². The minimum absolute atomic E-state index is 0.405. The number of aryl methyl sites for hydroxylation is 1. The minimum atomic E-state index is -0.405. The van der Waals surface area contributed by atoms with E-state index in [2.05, 4.69) is 62.9 Å². The first-order valence-electron chi connectivity index (χ1n) is 7.28. The lowest BCUT2D eigenvalue weighted by molar-refractivity contribution is 0.151. The van der Waals surface area contributed by atoms with E-state index in [9.17, 15) is 5.26 Å². The Morgan fingerprint density at radius 1 is 1.16 bits per heavy atom. The summed E-state index contributed by atoms with van der Waals surface area (Å²) in [5, 5.41) is 9.67. The average Bonchev–Trinajstić information content (AvgIpc) is 2.41. The van der Waals surface area contributed by atoms with E-state index >= 15 is 0 Å². The van der Waals surface area contributed by atoms with Crippen molar-refractivity contribution in [1.29, 1.82) is 5.26 Å². The van der Waals surface area contributed by atoms with Gasteiger partial charge in [-0.3, -0.25) is 4.90 Å². The first-order chi connectivity index (χ1) is 9.07. The van der Waals surface area contributed by atoms with Gasteiger partial charge in [0.2, 0.25) is 0 Å². The number of hydrogen-bond donors (Lipinski definition) is 0. The Morgan fingerprint density at radius 2 is 1.74 bits per heavy atom. The van der Waals surface area contributed by atoms with E-state index in [4.69, 9.17) is 0 Å². The molecule has 0 bridgehead atoms. The maximum atomic E-state index is 9.67. The predicted molar refractivity (Wildman–Crippen MR) is 81.1 cm³/mol. The monoisotopic (exact) mass is 258 g/mol. The van der Waals surface area contributed by atoms with Crippen molar-refractivity contribution < 1.29 is 0 Å². The van der Waals surface area contributed by atoms with E-state index in [0.29, 0.717) is 0 Å². The van der Waals surface area contributed by atoms with Crippen LogP contribution in [0.15, 0.2) is 24.3 Å². The van der Waals surface area contributed by atoms with Gasteiger partial charge in [0.1, 0.15) is 5.54 Å². The van der Waals surface area contributed by atoms with Crippen LogP contribution in [0.2, 0.25) is 0 Å². The molecule has 0 spiro atoms. The Hall–Kier alpha value is -1.33. The molecular weight excluding hydrogens is 232 g/mol. The van der Waals surface area contributed by atoms with Crippen molar-refractivity contribution >= 4 is 0 Å². The molecule has 0 heterocycles. The van der Waals surface area contributed by atoms with Crippen LogP contribution in [0.4, 0.5) is 0 Å². The lowest BCUT2D eigenvalue weighted by atomic mass is 9.90. The fourth-order valence-electron chi connectivity index (χ4n) is 2.55. The highest BCUT2D eigenvalue weighted by molar-refractivity contribution is 5.29. The normalized spacial score (nSPS) is 14.1. The van der Waals surface area contributed by atoms with E-state index in [1.165, 1.54) is 11.1 Å². The molecule has 0 aromatic heterocycles. The second-order valence-electron chi connectivity index (χ2n) is 5.48. The highest BCUT2D eigenvalue weighted by Crippen LogP contribution is 2.23. The van der Waals surface area contributed by atoms with Crippen LogP contribution >= 0.6 is 0 Å². The SMILES string of the molecule is CCCN(CCC)C(C)(C#N)Cc1ccccc1C. The van der Waals surface area contributed by atoms with Gasteiger partial charge < -0.3 is 0 Å². The summed E-state index contributed by atoms with van der Waals surface area (Å²) in [6, 6.07) is 10.9. The highest BCUT2D eigenvalue weighted by atomic mass is 15.2. The van der Waals surface area contributed by atoms with Gasteiger partial charge in [-0.15, -0.1) is 0 Å². The maximum absolute atomic E-state index is 9.67. The average molecular weight is 258 g/mol. The zero-order valence-corrected chi connectivity index (χ0v) is 12.7. The Balaban J connectivity index is 2.96. The van der Waals surface area contributed by atoms with Gasteiger partial charge in [-0.25, -0.2) is 0 Å². The van der Waals surface area contributed by atoms with E-state index in [-0.39, 0.29) is 0 Å². The summed E-state index contributed by atoms with van der Waals surface area (Å²) in [4.78, 5) is 2.33. The molecule has 0 aliphatic heterocycles. The maximum Gasteiger partial charge on any atom is 0.110 e. The molecule has 0 saturated carbocycles. The van der Waals surface area contributed by atoms with Crippen molar-refractivity contribution in [3.63, 3.8) is 0 Å². The molecule has 0 N–H and O–H groups in total. The number of nitriles is 1. The molecule has 1 unspecified atom stereocenters. The van der Waals surface area contributed by atoms with Crippen molar-refractivity contribution in [1.82, 2.24) is 4.90 Å². The predicted octanol–water partition coefficient (Wildman–Crippen LogP) is 3.94. The second-order valence-corrected chi connectivity index (χ2v) is 5.48. The lowest BCUT2D eigenvalue weighted by Gasteiger charge is -2.36. The summed E-state index contributed by atoms with van der Waals surface area (Å²) in [6.07, 6.45) is 2.98. The standard InChI is InChI=1S/C17H26N2/c1-5-11-19(12-6-2)17(4,14-18)13-16-10-8-7-9-15(16)3/h7-10H,5-6,11-13H2,1-4H3. The van der Waals surface area contributed by atoms with Gasteiger partial charge in [-0.2, -0.15) is 5.26 Å². The first kappa shape index (κ1) is 15.7. The van der Waals surface area contributed by atoms with Gasteiger partial charge in [-0.1, -0.05) is 38.1 Å². The molecule has 0 fully saturated rings. The molecular formula is C17H26N2. The fourth-order valence-corrected chi connectivity index (χ4v) is 2.55. The van der Waals surface area contributed by atoms with Crippen molar-refractivity contribution in [2.75, 3.05) is 13.1 Å². The second kappa shape index (κ2) is 7.31. The molecule has 1 rings (SSSR count). The van der Waals surface area contributed by atoms with Crippen molar-refractivity contribution in [2.24, 2.45) is 0 Å². The van der Waals surface area contributed by atoms with Crippen LogP contribution < -0.4 is 0 Å². The summed E-state index contributed by atoms with van der Waals surface area (Å²) in [6.45, 7) is 10.5. The molecule has 1 atom stereocenters. The number of benzene rings is 1.